The Bertz CT molecular complexity index is 750. The summed E-state index contributed by atoms with van der Waals surface area (Å²) in [4.78, 5) is 4.94. The lowest BCUT2D eigenvalue weighted by molar-refractivity contribution is -0.00627. The van der Waals surface area contributed by atoms with Gasteiger partial charge < -0.3 is 10.0 Å². The maximum absolute atomic E-state index is 11.6. The first-order chi connectivity index (χ1) is 14.3. The number of likely N-dealkylation sites (N-methyl/N-ethyl adjacent to an activating group) is 2. The lowest BCUT2D eigenvalue weighted by Crippen LogP contribution is -2.49. The summed E-state index contributed by atoms with van der Waals surface area (Å²) in [6, 6.07) is 5.80. The molecule has 0 radical (unpaired) electrons. The molecule has 3 heteroatoms. The van der Waals surface area contributed by atoms with Crippen molar-refractivity contribution in [3.63, 3.8) is 0 Å². The van der Waals surface area contributed by atoms with Crippen LogP contribution in [0.15, 0.2) is 12.1 Å². The zero-order valence-corrected chi connectivity index (χ0v) is 19.7. The van der Waals surface area contributed by atoms with Crippen molar-refractivity contribution in [3.05, 3.63) is 28.8 Å². The second kappa shape index (κ2) is 7.81. The van der Waals surface area contributed by atoms with Gasteiger partial charge in [0.2, 0.25) is 0 Å². The van der Waals surface area contributed by atoms with Gasteiger partial charge in [0.05, 0.1) is 0 Å². The molecule has 1 N–H and O–H groups in total. The average molecular weight is 411 g/mol. The Morgan fingerprint density at radius 1 is 0.900 bits per heavy atom. The van der Waals surface area contributed by atoms with Crippen LogP contribution in [0.25, 0.3) is 0 Å². The van der Waals surface area contributed by atoms with Crippen molar-refractivity contribution in [2.75, 3.05) is 21.1 Å². The highest BCUT2D eigenvalue weighted by Gasteiger charge is 2.52. The SMILES string of the molecule is Cc1cc(CN(C)[C@@H]2CCCC[C@H]2N(C)C)c(O)c(C23CC4C[C@H](C2)C[C@H](C4)C3)c1. The van der Waals surface area contributed by atoms with E-state index in [9.17, 15) is 5.11 Å². The Labute approximate surface area is 183 Å². The number of rotatable bonds is 5. The van der Waals surface area contributed by atoms with Crippen LogP contribution in [-0.4, -0.2) is 48.1 Å². The summed E-state index contributed by atoms with van der Waals surface area (Å²) in [5.74, 6) is 3.35. The van der Waals surface area contributed by atoms with Gasteiger partial charge in [0, 0.05) is 29.8 Å². The molecule has 0 saturated heterocycles. The van der Waals surface area contributed by atoms with Gasteiger partial charge in [-0.25, -0.2) is 0 Å². The van der Waals surface area contributed by atoms with E-state index >= 15 is 0 Å². The number of benzene rings is 1. The fraction of sp³-hybridized carbons (Fsp3) is 0.778. The molecule has 0 aromatic heterocycles. The van der Waals surface area contributed by atoms with Gasteiger partial charge in [-0.05, 0) is 103 Å². The van der Waals surface area contributed by atoms with Crippen molar-refractivity contribution in [1.29, 1.82) is 0 Å². The number of aryl methyl sites for hydroxylation is 1. The molecule has 5 fully saturated rings. The lowest BCUT2D eigenvalue weighted by atomic mass is 9.48. The van der Waals surface area contributed by atoms with Crippen LogP contribution < -0.4 is 0 Å². The number of nitrogens with zero attached hydrogens (tertiary/aromatic N) is 2. The fourth-order valence-electron chi connectivity index (χ4n) is 8.41. The highest BCUT2D eigenvalue weighted by atomic mass is 16.3. The molecular formula is C27H42N2O. The van der Waals surface area contributed by atoms with Crippen LogP contribution in [0.3, 0.4) is 0 Å². The Kier molecular flexibility index (Phi) is 5.42. The summed E-state index contributed by atoms with van der Waals surface area (Å²) in [6.45, 7) is 3.10. The molecule has 2 atom stereocenters. The van der Waals surface area contributed by atoms with Gasteiger partial charge >= 0.3 is 0 Å². The molecular weight excluding hydrogens is 368 g/mol. The van der Waals surface area contributed by atoms with Crippen LogP contribution in [0.4, 0.5) is 0 Å². The summed E-state index contributed by atoms with van der Waals surface area (Å²) >= 11 is 0. The third kappa shape index (κ3) is 3.60. The average Bonchev–Trinajstić information content (AvgIpc) is 2.69. The van der Waals surface area contributed by atoms with Crippen LogP contribution >= 0.6 is 0 Å². The third-order valence-corrected chi connectivity index (χ3v) is 9.29. The zero-order chi connectivity index (χ0) is 21.0. The van der Waals surface area contributed by atoms with Crippen LogP contribution in [0, 0.1) is 24.7 Å². The summed E-state index contributed by atoms with van der Waals surface area (Å²) < 4.78 is 0. The van der Waals surface area contributed by atoms with E-state index in [1.807, 2.05) is 0 Å². The van der Waals surface area contributed by atoms with Gasteiger partial charge in [0.25, 0.3) is 0 Å². The van der Waals surface area contributed by atoms with Gasteiger partial charge in [-0.2, -0.15) is 0 Å². The van der Waals surface area contributed by atoms with Crippen LogP contribution in [0.2, 0.25) is 0 Å². The van der Waals surface area contributed by atoms with E-state index in [1.165, 1.54) is 75.3 Å². The predicted molar refractivity (Wildman–Crippen MR) is 124 cm³/mol. The van der Waals surface area contributed by atoms with Crippen molar-refractivity contribution in [3.8, 4) is 5.75 Å². The molecule has 6 rings (SSSR count). The van der Waals surface area contributed by atoms with Gasteiger partial charge in [0.1, 0.15) is 5.75 Å². The van der Waals surface area contributed by atoms with E-state index in [2.05, 4.69) is 50.0 Å². The quantitative estimate of drug-likeness (QED) is 0.697. The Balaban J connectivity index is 1.42. The van der Waals surface area contributed by atoms with Crippen molar-refractivity contribution in [2.24, 2.45) is 17.8 Å². The molecule has 1 aromatic rings. The number of hydrogen-bond donors (Lipinski definition) is 1. The summed E-state index contributed by atoms with van der Waals surface area (Å²) in [5, 5.41) is 11.6. The Morgan fingerprint density at radius 3 is 2.03 bits per heavy atom. The van der Waals surface area contributed by atoms with Crippen LogP contribution in [-0.2, 0) is 12.0 Å². The molecule has 0 aliphatic heterocycles. The van der Waals surface area contributed by atoms with Crippen molar-refractivity contribution < 1.29 is 5.11 Å². The fourth-order valence-corrected chi connectivity index (χ4v) is 8.41. The zero-order valence-electron chi connectivity index (χ0n) is 19.7. The molecule has 30 heavy (non-hydrogen) atoms. The van der Waals surface area contributed by atoms with Crippen molar-refractivity contribution in [1.82, 2.24) is 9.80 Å². The normalized spacial score (nSPS) is 38.0. The number of phenols is 1. The van der Waals surface area contributed by atoms with E-state index in [0.29, 0.717) is 17.8 Å². The Morgan fingerprint density at radius 2 is 1.47 bits per heavy atom. The highest BCUT2D eigenvalue weighted by Crippen LogP contribution is 2.62. The number of aromatic hydroxyl groups is 1. The minimum absolute atomic E-state index is 0.259. The smallest absolute Gasteiger partial charge is 0.123 e. The molecule has 5 aliphatic carbocycles. The van der Waals surface area contributed by atoms with Gasteiger partial charge in [-0.15, -0.1) is 0 Å². The third-order valence-electron chi connectivity index (χ3n) is 9.29. The standard InChI is InChI=1S/C27H42N2O/c1-18-9-22(17-29(4)25-8-6-5-7-24(25)28(2)3)26(30)23(10-18)27-14-19-11-20(15-27)13-21(12-19)16-27/h9-10,19-21,24-25,30H,5-8,11-17H2,1-4H3/t19-,20-,21?,24-,25-,27?/m1/s1. The molecule has 0 heterocycles. The molecule has 0 unspecified atom stereocenters. The molecule has 5 saturated carbocycles. The van der Waals surface area contributed by atoms with Crippen LogP contribution in [0.1, 0.15) is 80.9 Å². The molecule has 1 aromatic carbocycles. The monoisotopic (exact) mass is 410 g/mol. The second-order valence-electron chi connectivity index (χ2n) is 11.8. The molecule has 166 valence electrons. The van der Waals surface area contributed by atoms with E-state index in [0.717, 1.165) is 29.9 Å². The summed E-state index contributed by atoms with van der Waals surface area (Å²) in [7, 11) is 6.73. The van der Waals surface area contributed by atoms with E-state index in [4.69, 9.17) is 0 Å². The molecule has 4 bridgehead atoms. The number of phenolic OH excluding ortho intramolecular Hbond substituents is 1. The highest BCUT2D eigenvalue weighted by molar-refractivity contribution is 5.48. The summed E-state index contributed by atoms with van der Waals surface area (Å²) in [5.41, 5.74) is 4.05. The lowest BCUT2D eigenvalue weighted by Gasteiger charge is -2.57. The molecule has 0 spiro atoms. The van der Waals surface area contributed by atoms with Gasteiger partial charge in [-0.3, -0.25) is 4.90 Å². The second-order valence-corrected chi connectivity index (χ2v) is 11.8. The summed E-state index contributed by atoms with van der Waals surface area (Å²) in [6.07, 6.45) is 13.5. The molecule has 3 nitrogen and oxygen atoms in total. The minimum Gasteiger partial charge on any atom is -0.507 e. The van der Waals surface area contributed by atoms with Gasteiger partial charge in [-0.1, -0.05) is 30.5 Å². The predicted octanol–water partition coefficient (Wildman–Crippen LogP) is 5.47. The Hall–Kier alpha value is -1.06. The first-order valence-corrected chi connectivity index (χ1v) is 12.5. The van der Waals surface area contributed by atoms with Crippen molar-refractivity contribution >= 4 is 0 Å². The maximum atomic E-state index is 11.6. The van der Waals surface area contributed by atoms with E-state index in [1.54, 1.807) is 0 Å². The first kappa shape index (κ1) is 20.8. The number of hydrogen-bond acceptors (Lipinski definition) is 3. The van der Waals surface area contributed by atoms with E-state index in [-0.39, 0.29) is 5.41 Å². The van der Waals surface area contributed by atoms with E-state index < -0.39 is 0 Å². The molecule has 0 amide bonds. The minimum atomic E-state index is 0.259. The molecule has 5 aliphatic rings. The first-order valence-electron chi connectivity index (χ1n) is 12.5. The van der Waals surface area contributed by atoms with Crippen molar-refractivity contribution in [2.45, 2.75) is 95.2 Å². The largest absolute Gasteiger partial charge is 0.507 e. The van der Waals surface area contributed by atoms with Gasteiger partial charge in [0.15, 0.2) is 0 Å². The van der Waals surface area contributed by atoms with Crippen LogP contribution in [0.5, 0.6) is 5.75 Å². The topological polar surface area (TPSA) is 26.7 Å². The maximum Gasteiger partial charge on any atom is 0.123 e.